The summed E-state index contributed by atoms with van der Waals surface area (Å²) in [5.41, 5.74) is 6.61. The summed E-state index contributed by atoms with van der Waals surface area (Å²) < 4.78 is 5.64. The van der Waals surface area contributed by atoms with Crippen LogP contribution in [0.25, 0.3) is 0 Å². The van der Waals surface area contributed by atoms with E-state index >= 15 is 0 Å². The molecule has 116 valence electrons. The molecule has 0 aromatic heterocycles. The lowest BCUT2D eigenvalue weighted by Crippen LogP contribution is -2.74. The minimum absolute atomic E-state index is 0.00624. The quantitative estimate of drug-likeness (QED) is 0.898. The van der Waals surface area contributed by atoms with Crippen LogP contribution in [0.2, 0.25) is 5.02 Å². The molecule has 21 heavy (non-hydrogen) atoms. The van der Waals surface area contributed by atoms with Gasteiger partial charge in [0.15, 0.2) is 0 Å². The van der Waals surface area contributed by atoms with Crippen molar-refractivity contribution in [2.75, 3.05) is 11.9 Å². The van der Waals surface area contributed by atoms with Gasteiger partial charge in [0.1, 0.15) is 5.54 Å². The number of benzene rings is 1. The molecule has 0 bridgehead atoms. The molecule has 0 spiro atoms. The zero-order valence-electron chi connectivity index (χ0n) is 13.0. The van der Waals surface area contributed by atoms with E-state index < -0.39 is 11.0 Å². The van der Waals surface area contributed by atoms with Gasteiger partial charge in [0.05, 0.1) is 16.8 Å². The molecule has 1 aromatic rings. The summed E-state index contributed by atoms with van der Waals surface area (Å²) in [7, 11) is 0. The number of halogens is 1. The largest absolute Gasteiger partial charge is 0.378 e. The van der Waals surface area contributed by atoms with E-state index in [1.807, 2.05) is 39.8 Å². The molecule has 1 saturated carbocycles. The number of nitrogens with two attached hydrogens (primary N) is 1. The second kappa shape index (κ2) is 5.59. The summed E-state index contributed by atoms with van der Waals surface area (Å²) in [6, 6.07) is 5.51. The Morgan fingerprint density at radius 3 is 2.71 bits per heavy atom. The molecular weight excluding hydrogens is 288 g/mol. The van der Waals surface area contributed by atoms with Crippen molar-refractivity contribution in [2.45, 2.75) is 45.8 Å². The third-order valence-electron chi connectivity index (χ3n) is 4.61. The highest BCUT2D eigenvalue weighted by molar-refractivity contribution is 6.33. The number of carbonyl (C=O) groups is 1. The monoisotopic (exact) mass is 310 g/mol. The Labute approximate surface area is 131 Å². The van der Waals surface area contributed by atoms with Crippen LogP contribution < -0.4 is 11.1 Å². The number of ether oxygens (including phenoxy) is 1. The highest BCUT2D eigenvalue weighted by Crippen LogP contribution is 2.50. The molecule has 1 aliphatic carbocycles. The Balaban J connectivity index is 2.14. The maximum absolute atomic E-state index is 12.6. The highest BCUT2D eigenvalue weighted by atomic mass is 35.5. The van der Waals surface area contributed by atoms with E-state index in [2.05, 4.69) is 5.32 Å². The van der Waals surface area contributed by atoms with Crippen LogP contribution in [0.15, 0.2) is 18.2 Å². The maximum Gasteiger partial charge on any atom is 0.245 e. The van der Waals surface area contributed by atoms with E-state index in [9.17, 15) is 4.79 Å². The van der Waals surface area contributed by atoms with Gasteiger partial charge in [0.2, 0.25) is 5.91 Å². The first-order chi connectivity index (χ1) is 9.72. The molecule has 1 fully saturated rings. The standard InChI is InChI=1S/C16H23ClN2O2/c1-5-21-13-9-16(18,15(13,3)4)14(20)19-12-7-6-10(2)8-11(12)17/h6-8,13H,5,9,18H2,1-4H3,(H,19,20). The van der Waals surface area contributed by atoms with E-state index in [1.165, 1.54) is 0 Å². The van der Waals surface area contributed by atoms with Crippen LogP contribution in [0.5, 0.6) is 0 Å². The van der Waals surface area contributed by atoms with E-state index in [4.69, 9.17) is 22.1 Å². The first-order valence-electron chi connectivity index (χ1n) is 7.20. The van der Waals surface area contributed by atoms with Crippen molar-refractivity contribution >= 4 is 23.2 Å². The van der Waals surface area contributed by atoms with Gasteiger partial charge in [-0.2, -0.15) is 0 Å². The number of amides is 1. The molecule has 4 nitrogen and oxygen atoms in total. The minimum Gasteiger partial charge on any atom is -0.378 e. The van der Waals surface area contributed by atoms with Gasteiger partial charge in [-0.05, 0) is 31.5 Å². The number of anilines is 1. The third-order valence-corrected chi connectivity index (χ3v) is 4.92. The van der Waals surface area contributed by atoms with Gasteiger partial charge in [-0.1, -0.05) is 31.5 Å². The molecule has 2 unspecified atom stereocenters. The predicted molar refractivity (Wildman–Crippen MR) is 85.5 cm³/mol. The zero-order chi connectivity index (χ0) is 15.8. The number of rotatable bonds is 4. The average molecular weight is 311 g/mol. The fourth-order valence-electron chi connectivity index (χ4n) is 2.78. The molecular formula is C16H23ClN2O2. The van der Waals surface area contributed by atoms with Crippen LogP contribution in [-0.4, -0.2) is 24.2 Å². The molecule has 1 amide bonds. The Kier molecular flexibility index (Phi) is 4.34. The van der Waals surface area contributed by atoms with Crippen molar-refractivity contribution in [3.63, 3.8) is 0 Å². The van der Waals surface area contributed by atoms with Crippen molar-refractivity contribution in [3.8, 4) is 0 Å². The summed E-state index contributed by atoms with van der Waals surface area (Å²) >= 11 is 6.15. The number of nitrogens with one attached hydrogen (secondary N) is 1. The van der Waals surface area contributed by atoms with Gasteiger partial charge in [0.25, 0.3) is 0 Å². The van der Waals surface area contributed by atoms with Crippen molar-refractivity contribution in [2.24, 2.45) is 11.1 Å². The molecule has 5 heteroatoms. The zero-order valence-corrected chi connectivity index (χ0v) is 13.8. The van der Waals surface area contributed by atoms with Gasteiger partial charge in [-0.3, -0.25) is 4.79 Å². The van der Waals surface area contributed by atoms with Gasteiger partial charge in [-0.15, -0.1) is 0 Å². The van der Waals surface area contributed by atoms with E-state index in [0.29, 0.717) is 23.7 Å². The molecule has 1 aromatic carbocycles. The third kappa shape index (κ3) is 2.68. The summed E-state index contributed by atoms with van der Waals surface area (Å²) in [6.45, 7) is 8.44. The highest BCUT2D eigenvalue weighted by Gasteiger charge is 2.62. The lowest BCUT2D eigenvalue weighted by Gasteiger charge is -2.57. The summed E-state index contributed by atoms with van der Waals surface area (Å²) in [4.78, 5) is 12.6. The van der Waals surface area contributed by atoms with E-state index in [1.54, 1.807) is 6.07 Å². The van der Waals surface area contributed by atoms with E-state index in [-0.39, 0.29) is 12.0 Å². The van der Waals surface area contributed by atoms with E-state index in [0.717, 1.165) is 5.56 Å². The van der Waals surface area contributed by atoms with Crippen LogP contribution in [-0.2, 0) is 9.53 Å². The SMILES string of the molecule is CCOC1CC(N)(C(=O)Nc2ccc(C)cc2Cl)C1(C)C. The lowest BCUT2D eigenvalue weighted by atomic mass is 9.54. The average Bonchev–Trinajstić information content (AvgIpc) is 2.41. The smallest absolute Gasteiger partial charge is 0.245 e. The predicted octanol–water partition coefficient (Wildman–Crippen LogP) is 3.12. The Morgan fingerprint density at radius 2 is 2.19 bits per heavy atom. The topological polar surface area (TPSA) is 64.3 Å². The first-order valence-corrected chi connectivity index (χ1v) is 7.58. The molecule has 0 radical (unpaired) electrons. The molecule has 2 rings (SSSR count). The van der Waals surface area contributed by atoms with Crippen LogP contribution in [0, 0.1) is 12.3 Å². The molecule has 1 aliphatic rings. The van der Waals surface area contributed by atoms with Crippen molar-refractivity contribution < 1.29 is 9.53 Å². The van der Waals surface area contributed by atoms with Crippen LogP contribution >= 0.6 is 11.6 Å². The summed E-state index contributed by atoms with van der Waals surface area (Å²) in [5, 5.41) is 3.37. The second-order valence-corrected chi connectivity index (χ2v) is 6.69. The maximum atomic E-state index is 12.6. The number of hydrogen-bond donors (Lipinski definition) is 2. The van der Waals surface area contributed by atoms with Gasteiger partial charge in [0, 0.05) is 18.4 Å². The lowest BCUT2D eigenvalue weighted by molar-refractivity contribution is -0.166. The Morgan fingerprint density at radius 1 is 1.52 bits per heavy atom. The molecule has 0 aliphatic heterocycles. The second-order valence-electron chi connectivity index (χ2n) is 6.28. The molecule has 3 N–H and O–H groups in total. The Hall–Kier alpha value is -1.10. The van der Waals surface area contributed by atoms with Crippen molar-refractivity contribution in [1.82, 2.24) is 0 Å². The van der Waals surface area contributed by atoms with Crippen LogP contribution in [0.4, 0.5) is 5.69 Å². The van der Waals surface area contributed by atoms with Gasteiger partial charge < -0.3 is 15.8 Å². The fourth-order valence-corrected chi connectivity index (χ4v) is 3.06. The first kappa shape index (κ1) is 16.3. The van der Waals surface area contributed by atoms with Gasteiger partial charge >= 0.3 is 0 Å². The number of carbonyl (C=O) groups excluding carboxylic acids is 1. The molecule has 0 saturated heterocycles. The number of aryl methyl sites for hydroxylation is 1. The Bertz CT molecular complexity index is 559. The molecule has 2 atom stereocenters. The summed E-state index contributed by atoms with van der Waals surface area (Å²) in [5.74, 6) is -0.214. The van der Waals surface area contributed by atoms with Gasteiger partial charge in [-0.25, -0.2) is 0 Å². The normalized spacial score (nSPS) is 27.0. The fraction of sp³-hybridized carbons (Fsp3) is 0.562. The van der Waals surface area contributed by atoms with Crippen LogP contribution in [0.3, 0.4) is 0 Å². The molecule has 0 heterocycles. The number of hydrogen-bond acceptors (Lipinski definition) is 3. The van der Waals surface area contributed by atoms with Crippen molar-refractivity contribution in [1.29, 1.82) is 0 Å². The summed E-state index contributed by atoms with van der Waals surface area (Å²) in [6.07, 6.45) is 0.523. The van der Waals surface area contributed by atoms with Crippen molar-refractivity contribution in [3.05, 3.63) is 28.8 Å². The van der Waals surface area contributed by atoms with Crippen LogP contribution in [0.1, 0.15) is 32.8 Å². The minimum atomic E-state index is -0.943.